The van der Waals surface area contributed by atoms with Crippen molar-refractivity contribution in [1.82, 2.24) is 9.80 Å². The number of benzene rings is 1. The van der Waals surface area contributed by atoms with Gasteiger partial charge in [0.05, 0.1) is 12.1 Å². The number of carbonyl (C=O) groups excluding carboxylic acids is 1. The molecule has 0 spiro atoms. The molecule has 0 aliphatic carbocycles. The lowest BCUT2D eigenvalue weighted by Gasteiger charge is -2.26. The van der Waals surface area contributed by atoms with Crippen molar-refractivity contribution in [3.05, 3.63) is 35.1 Å². The zero-order valence-electron chi connectivity index (χ0n) is 12.2. The van der Waals surface area contributed by atoms with Crippen LogP contribution in [0.15, 0.2) is 18.2 Å². The lowest BCUT2D eigenvalue weighted by atomic mass is 10.0. The Morgan fingerprint density at radius 3 is 2.80 bits per heavy atom. The van der Waals surface area contributed by atoms with Crippen LogP contribution in [0.25, 0.3) is 0 Å². The summed E-state index contributed by atoms with van der Waals surface area (Å²) in [4.78, 5) is 15.8. The fourth-order valence-corrected chi connectivity index (χ4v) is 2.66. The van der Waals surface area contributed by atoms with Gasteiger partial charge in [0.2, 0.25) is 0 Å². The van der Waals surface area contributed by atoms with Crippen molar-refractivity contribution in [3.8, 4) is 0 Å². The third-order valence-electron chi connectivity index (χ3n) is 3.65. The van der Waals surface area contributed by atoms with Gasteiger partial charge in [-0.3, -0.25) is 4.79 Å². The van der Waals surface area contributed by atoms with Gasteiger partial charge in [0, 0.05) is 18.7 Å². The van der Waals surface area contributed by atoms with E-state index in [9.17, 15) is 14.3 Å². The van der Waals surface area contributed by atoms with Gasteiger partial charge in [-0.1, -0.05) is 6.07 Å². The van der Waals surface area contributed by atoms with Gasteiger partial charge >= 0.3 is 0 Å². The first-order valence-electron chi connectivity index (χ1n) is 6.73. The third-order valence-corrected chi connectivity index (χ3v) is 3.65. The van der Waals surface area contributed by atoms with Crippen LogP contribution in [0.2, 0.25) is 0 Å². The molecule has 1 fully saturated rings. The maximum absolute atomic E-state index is 13.5. The number of nitrogens with zero attached hydrogens (tertiary/aromatic N) is 2. The zero-order chi connectivity index (χ0) is 14.9. The Morgan fingerprint density at radius 2 is 2.20 bits per heavy atom. The molecular formula is C15H21FN2O2. The van der Waals surface area contributed by atoms with Crippen LogP contribution in [0.3, 0.4) is 0 Å². The molecule has 5 heteroatoms. The van der Waals surface area contributed by atoms with Crippen LogP contribution in [-0.2, 0) is 0 Å². The molecule has 20 heavy (non-hydrogen) atoms. The van der Waals surface area contributed by atoms with Crippen LogP contribution < -0.4 is 0 Å². The summed E-state index contributed by atoms with van der Waals surface area (Å²) in [6, 6.07) is 4.50. The number of carbonyl (C=O) groups is 1. The Kier molecular flexibility index (Phi) is 4.11. The quantitative estimate of drug-likeness (QED) is 0.907. The predicted molar refractivity (Wildman–Crippen MR) is 75.2 cm³/mol. The van der Waals surface area contributed by atoms with E-state index in [0.717, 1.165) is 0 Å². The fraction of sp³-hybridized carbons (Fsp3) is 0.533. The van der Waals surface area contributed by atoms with Crippen molar-refractivity contribution in [3.63, 3.8) is 0 Å². The monoisotopic (exact) mass is 280 g/mol. The lowest BCUT2D eigenvalue weighted by molar-refractivity contribution is 0.0236. The summed E-state index contributed by atoms with van der Waals surface area (Å²) in [7, 11) is 3.77. The molecule has 4 nitrogen and oxygen atoms in total. The minimum Gasteiger partial charge on any atom is -0.387 e. The highest BCUT2D eigenvalue weighted by Gasteiger charge is 2.38. The summed E-state index contributed by atoms with van der Waals surface area (Å²) in [6.45, 7) is 2.96. The number of aryl methyl sites for hydroxylation is 1. The number of likely N-dealkylation sites (tertiary alicyclic amines) is 1. The molecule has 1 heterocycles. The maximum atomic E-state index is 13.5. The van der Waals surface area contributed by atoms with Crippen LogP contribution in [0.5, 0.6) is 0 Å². The number of likely N-dealkylation sites (N-methyl/N-ethyl adjacent to an activating group) is 1. The van der Waals surface area contributed by atoms with Crippen molar-refractivity contribution < 1.29 is 14.3 Å². The van der Waals surface area contributed by atoms with E-state index in [-0.39, 0.29) is 11.7 Å². The topological polar surface area (TPSA) is 43.8 Å². The van der Waals surface area contributed by atoms with Crippen LogP contribution in [0.4, 0.5) is 4.39 Å². The molecule has 1 amide bonds. The first-order chi connectivity index (χ1) is 9.31. The fourth-order valence-electron chi connectivity index (χ4n) is 2.66. The van der Waals surface area contributed by atoms with E-state index in [1.807, 2.05) is 19.0 Å². The van der Waals surface area contributed by atoms with Crippen molar-refractivity contribution in [2.24, 2.45) is 0 Å². The predicted octanol–water partition coefficient (Wildman–Crippen LogP) is 1.27. The van der Waals surface area contributed by atoms with Crippen molar-refractivity contribution in [2.75, 3.05) is 33.7 Å². The van der Waals surface area contributed by atoms with E-state index in [2.05, 4.69) is 0 Å². The van der Waals surface area contributed by atoms with Gasteiger partial charge < -0.3 is 14.9 Å². The van der Waals surface area contributed by atoms with Gasteiger partial charge in [-0.15, -0.1) is 0 Å². The minimum atomic E-state index is -0.873. The molecule has 1 aliphatic heterocycles. The molecule has 0 radical (unpaired) electrons. The van der Waals surface area contributed by atoms with Gasteiger partial charge in [0.1, 0.15) is 5.82 Å². The minimum absolute atomic E-state index is 0.224. The molecule has 0 bridgehead atoms. The van der Waals surface area contributed by atoms with Gasteiger partial charge in [-0.05, 0) is 45.1 Å². The molecule has 1 aliphatic rings. The SMILES string of the molecule is Cc1ccc(C(=O)N2CC[C@@](O)(CN(C)C)C2)cc1F. The van der Waals surface area contributed by atoms with Crippen LogP contribution in [0, 0.1) is 12.7 Å². The molecular weight excluding hydrogens is 259 g/mol. The van der Waals surface area contributed by atoms with Gasteiger partial charge in [-0.25, -0.2) is 4.39 Å². The molecule has 1 aromatic rings. The average Bonchev–Trinajstić information content (AvgIpc) is 2.73. The second-order valence-electron chi connectivity index (χ2n) is 5.90. The van der Waals surface area contributed by atoms with Crippen LogP contribution in [-0.4, -0.2) is 60.1 Å². The van der Waals surface area contributed by atoms with E-state index < -0.39 is 5.60 Å². The van der Waals surface area contributed by atoms with Crippen molar-refractivity contribution in [2.45, 2.75) is 18.9 Å². The highest BCUT2D eigenvalue weighted by molar-refractivity contribution is 5.94. The number of amides is 1. The largest absolute Gasteiger partial charge is 0.387 e. The van der Waals surface area contributed by atoms with E-state index in [4.69, 9.17) is 0 Å². The summed E-state index contributed by atoms with van der Waals surface area (Å²) in [5.41, 5.74) is -0.0168. The van der Waals surface area contributed by atoms with E-state index in [0.29, 0.717) is 37.2 Å². The molecule has 2 rings (SSSR count). The highest BCUT2D eigenvalue weighted by atomic mass is 19.1. The molecule has 1 atom stereocenters. The summed E-state index contributed by atoms with van der Waals surface area (Å²) in [5.74, 6) is -0.600. The number of halogens is 1. The summed E-state index contributed by atoms with van der Waals surface area (Å²) in [5, 5.41) is 10.4. The molecule has 0 aromatic heterocycles. The number of hydrogen-bond acceptors (Lipinski definition) is 3. The number of aliphatic hydroxyl groups is 1. The van der Waals surface area contributed by atoms with Crippen molar-refractivity contribution >= 4 is 5.91 Å². The molecule has 1 aromatic carbocycles. The highest BCUT2D eigenvalue weighted by Crippen LogP contribution is 2.24. The average molecular weight is 280 g/mol. The first kappa shape index (κ1) is 14.9. The molecule has 0 saturated carbocycles. The number of β-amino-alcohol motifs (C(OH)–C–C–N with tert-alkyl or cyclic N) is 1. The smallest absolute Gasteiger partial charge is 0.254 e. The molecule has 0 unspecified atom stereocenters. The lowest BCUT2D eigenvalue weighted by Crippen LogP contribution is -2.43. The van der Waals surface area contributed by atoms with Gasteiger partial charge in [0.25, 0.3) is 5.91 Å². The third kappa shape index (κ3) is 3.16. The number of hydrogen-bond donors (Lipinski definition) is 1. The normalized spacial score (nSPS) is 22.6. The van der Waals surface area contributed by atoms with Gasteiger partial charge in [-0.2, -0.15) is 0 Å². The van der Waals surface area contributed by atoms with Crippen molar-refractivity contribution in [1.29, 1.82) is 0 Å². The van der Waals surface area contributed by atoms with E-state index in [1.54, 1.807) is 24.0 Å². The van der Waals surface area contributed by atoms with Crippen LogP contribution >= 0.6 is 0 Å². The Balaban J connectivity index is 2.09. The standard InChI is InChI=1S/C15H21FN2O2/c1-11-4-5-12(8-13(11)16)14(19)18-7-6-15(20,10-18)9-17(2)3/h4-5,8,20H,6-7,9-10H2,1-3H3/t15-/m1/s1. The van der Waals surface area contributed by atoms with Gasteiger partial charge in [0.15, 0.2) is 0 Å². The Hall–Kier alpha value is -1.46. The Labute approximate surface area is 118 Å². The maximum Gasteiger partial charge on any atom is 0.254 e. The zero-order valence-corrected chi connectivity index (χ0v) is 12.2. The van der Waals surface area contributed by atoms with E-state index >= 15 is 0 Å². The summed E-state index contributed by atoms with van der Waals surface area (Å²) >= 11 is 0. The molecule has 1 N–H and O–H groups in total. The number of rotatable bonds is 3. The second kappa shape index (κ2) is 5.50. The molecule has 110 valence electrons. The second-order valence-corrected chi connectivity index (χ2v) is 5.90. The molecule has 1 saturated heterocycles. The van der Waals surface area contributed by atoms with Crippen LogP contribution in [0.1, 0.15) is 22.3 Å². The Morgan fingerprint density at radius 1 is 1.50 bits per heavy atom. The Bertz CT molecular complexity index is 519. The summed E-state index contributed by atoms with van der Waals surface area (Å²) in [6.07, 6.45) is 0.547. The van der Waals surface area contributed by atoms with E-state index in [1.165, 1.54) is 6.07 Å². The summed E-state index contributed by atoms with van der Waals surface area (Å²) < 4.78 is 13.5. The first-order valence-corrected chi connectivity index (χ1v) is 6.73.